The Hall–Kier alpha value is -2.92. The molecule has 2 heterocycles. The lowest BCUT2D eigenvalue weighted by molar-refractivity contribution is -0.120. The van der Waals surface area contributed by atoms with Crippen LogP contribution < -0.4 is 10.2 Å². The van der Waals surface area contributed by atoms with Crippen LogP contribution in [-0.2, 0) is 11.2 Å². The molecule has 142 valence electrons. The van der Waals surface area contributed by atoms with Crippen molar-refractivity contribution in [2.75, 3.05) is 11.4 Å². The standard InChI is InChI=1S/C23H22N2O2S/c1-16-13-14-20(28-16)22(26)24-21(18-9-3-2-4-10-18)23(27)25-15-7-11-17-8-5-6-12-19(17)25/h2-6,8-10,12-14,21H,7,11,15H2,1H3,(H,24,26)/t21-/m0/s1. The fourth-order valence-electron chi connectivity index (χ4n) is 3.61. The molecule has 0 spiro atoms. The van der Waals surface area contributed by atoms with Crippen LogP contribution in [0.4, 0.5) is 5.69 Å². The summed E-state index contributed by atoms with van der Waals surface area (Å²) in [5.74, 6) is -0.314. The normalized spacial score (nSPS) is 14.2. The van der Waals surface area contributed by atoms with Crippen molar-refractivity contribution in [1.29, 1.82) is 0 Å². The summed E-state index contributed by atoms with van der Waals surface area (Å²) in [4.78, 5) is 29.9. The molecule has 1 aliphatic rings. The van der Waals surface area contributed by atoms with E-state index in [0.717, 1.165) is 29.0 Å². The van der Waals surface area contributed by atoms with Crippen molar-refractivity contribution < 1.29 is 9.59 Å². The van der Waals surface area contributed by atoms with Crippen LogP contribution in [0.5, 0.6) is 0 Å². The molecule has 1 N–H and O–H groups in total. The summed E-state index contributed by atoms with van der Waals surface area (Å²) in [6.07, 6.45) is 1.89. The first-order chi connectivity index (χ1) is 13.6. The van der Waals surface area contributed by atoms with Gasteiger partial charge in [-0.2, -0.15) is 0 Å². The monoisotopic (exact) mass is 390 g/mol. The van der Waals surface area contributed by atoms with Gasteiger partial charge >= 0.3 is 0 Å². The molecule has 0 bridgehead atoms. The van der Waals surface area contributed by atoms with Crippen LogP contribution in [0.3, 0.4) is 0 Å². The van der Waals surface area contributed by atoms with E-state index in [1.165, 1.54) is 16.9 Å². The van der Waals surface area contributed by atoms with Crippen molar-refractivity contribution in [3.05, 3.63) is 87.6 Å². The zero-order chi connectivity index (χ0) is 19.5. The molecular weight excluding hydrogens is 368 g/mol. The molecule has 0 saturated carbocycles. The molecule has 3 aromatic rings. The first-order valence-corrected chi connectivity index (χ1v) is 10.3. The van der Waals surface area contributed by atoms with E-state index in [1.807, 2.05) is 66.4 Å². The highest BCUT2D eigenvalue weighted by Crippen LogP contribution is 2.30. The highest BCUT2D eigenvalue weighted by Gasteiger charge is 2.31. The topological polar surface area (TPSA) is 49.4 Å². The number of benzene rings is 2. The maximum atomic E-state index is 13.5. The molecule has 2 aromatic carbocycles. The third-order valence-electron chi connectivity index (χ3n) is 5.00. The number of carbonyl (C=O) groups excluding carboxylic acids is 2. The van der Waals surface area contributed by atoms with Gasteiger partial charge in [-0.3, -0.25) is 9.59 Å². The van der Waals surface area contributed by atoms with E-state index in [9.17, 15) is 9.59 Å². The van der Waals surface area contributed by atoms with Crippen LogP contribution in [0.2, 0.25) is 0 Å². The minimum Gasteiger partial charge on any atom is -0.336 e. The maximum absolute atomic E-state index is 13.5. The van der Waals surface area contributed by atoms with Gasteiger partial charge in [0.05, 0.1) is 4.88 Å². The number of rotatable bonds is 4. The number of amides is 2. The van der Waals surface area contributed by atoms with Crippen molar-refractivity contribution in [1.82, 2.24) is 5.32 Å². The Morgan fingerprint density at radius 2 is 1.75 bits per heavy atom. The van der Waals surface area contributed by atoms with Crippen molar-refractivity contribution in [2.24, 2.45) is 0 Å². The summed E-state index contributed by atoms with van der Waals surface area (Å²) in [5.41, 5.74) is 2.91. The van der Waals surface area contributed by atoms with E-state index in [0.29, 0.717) is 11.4 Å². The SMILES string of the molecule is Cc1ccc(C(=O)N[C@H](C(=O)N2CCCc3ccccc32)c2ccccc2)s1. The van der Waals surface area contributed by atoms with Crippen molar-refractivity contribution in [3.63, 3.8) is 0 Å². The van der Waals surface area contributed by atoms with Crippen molar-refractivity contribution in [3.8, 4) is 0 Å². The van der Waals surface area contributed by atoms with E-state index in [1.54, 1.807) is 6.07 Å². The summed E-state index contributed by atoms with van der Waals surface area (Å²) < 4.78 is 0. The molecule has 0 fully saturated rings. The van der Waals surface area contributed by atoms with E-state index < -0.39 is 6.04 Å². The summed E-state index contributed by atoms with van der Waals surface area (Å²) in [7, 11) is 0. The van der Waals surface area contributed by atoms with Crippen LogP contribution in [0.25, 0.3) is 0 Å². The minimum atomic E-state index is -0.720. The predicted octanol–water partition coefficient (Wildman–Crippen LogP) is 4.51. The number of fused-ring (bicyclic) bond motifs is 1. The average Bonchev–Trinajstić information content (AvgIpc) is 3.18. The molecule has 0 saturated heterocycles. The lowest BCUT2D eigenvalue weighted by atomic mass is 9.99. The molecule has 28 heavy (non-hydrogen) atoms. The second kappa shape index (κ2) is 7.98. The van der Waals surface area contributed by atoms with Crippen molar-refractivity contribution >= 4 is 28.8 Å². The van der Waals surface area contributed by atoms with E-state index in [2.05, 4.69) is 11.4 Å². The highest BCUT2D eigenvalue weighted by atomic mass is 32.1. The Labute approximate surface area is 168 Å². The summed E-state index contributed by atoms with van der Waals surface area (Å²) in [6.45, 7) is 2.62. The van der Waals surface area contributed by atoms with Gasteiger partial charge in [-0.1, -0.05) is 48.5 Å². The fraction of sp³-hybridized carbons (Fsp3) is 0.217. The first kappa shape index (κ1) is 18.4. The number of nitrogens with one attached hydrogen (secondary N) is 1. The van der Waals surface area contributed by atoms with Gasteiger partial charge in [0.2, 0.25) is 0 Å². The van der Waals surface area contributed by atoms with Crippen LogP contribution >= 0.6 is 11.3 Å². The fourth-order valence-corrected chi connectivity index (χ4v) is 4.38. The lowest BCUT2D eigenvalue weighted by Gasteiger charge is -2.32. The molecule has 0 unspecified atom stereocenters. The molecule has 1 aliphatic heterocycles. The number of hydrogen-bond donors (Lipinski definition) is 1. The van der Waals surface area contributed by atoms with Gasteiger partial charge in [0.25, 0.3) is 11.8 Å². The van der Waals surface area contributed by atoms with Gasteiger partial charge in [0.15, 0.2) is 0 Å². The third-order valence-corrected chi connectivity index (χ3v) is 6.00. The second-order valence-electron chi connectivity index (χ2n) is 6.95. The Bertz CT molecular complexity index is 997. The highest BCUT2D eigenvalue weighted by molar-refractivity contribution is 7.13. The van der Waals surface area contributed by atoms with E-state index in [-0.39, 0.29) is 11.8 Å². The van der Waals surface area contributed by atoms with Gasteiger partial charge < -0.3 is 10.2 Å². The molecule has 0 radical (unpaired) electrons. The van der Waals surface area contributed by atoms with Gasteiger partial charge in [-0.15, -0.1) is 11.3 Å². The maximum Gasteiger partial charge on any atom is 0.262 e. The second-order valence-corrected chi connectivity index (χ2v) is 8.24. The first-order valence-electron chi connectivity index (χ1n) is 9.45. The number of thiophene rings is 1. The molecule has 4 rings (SSSR count). The van der Waals surface area contributed by atoms with Gasteiger partial charge in [0, 0.05) is 17.1 Å². The van der Waals surface area contributed by atoms with Crippen LogP contribution in [0.1, 0.15) is 38.1 Å². The molecule has 1 atom stereocenters. The zero-order valence-electron chi connectivity index (χ0n) is 15.7. The zero-order valence-corrected chi connectivity index (χ0v) is 16.5. The number of para-hydroxylation sites is 1. The number of anilines is 1. The molecule has 5 heteroatoms. The van der Waals surface area contributed by atoms with Gasteiger partial charge in [0.1, 0.15) is 6.04 Å². The Kier molecular flexibility index (Phi) is 5.26. The van der Waals surface area contributed by atoms with Crippen LogP contribution in [-0.4, -0.2) is 18.4 Å². The Balaban J connectivity index is 1.66. The minimum absolute atomic E-state index is 0.0972. The summed E-state index contributed by atoms with van der Waals surface area (Å²) in [6, 6.07) is 20.5. The average molecular weight is 391 g/mol. The smallest absolute Gasteiger partial charge is 0.262 e. The number of aryl methyl sites for hydroxylation is 2. The predicted molar refractivity (Wildman–Crippen MR) is 113 cm³/mol. The van der Waals surface area contributed by atoms with E-state index >= 15 is 0 Å². The lowest BCUT2D eigenvalue weighted by Crippen LogP contribution is -2.45. The largest absolute Gasteiger partial charge is 0.336 e. The Morgan fingerprint density at radius 1 is 1.00 bits per heavy atom. The quantitative estimate of drug-likeness (QED) is 0.713. The molecule has 1 aromatic heterocycles. The Morgan fingerprint density at radius 3 is 2.50 bits per heavy atom. The molecule has 2 amide bonds. The van der Waals surface area contributed by atoms with Crippen LogP contribution in [0.15, 0.2) is 66.7 Å². The molecule has 0 aliphatic carbocycles. The van der Waals surface area contributed by atoms with Gasteiger partial charge in [-0.25, -0.2) is 0 Å². The molecular formula is C23H22N2O2S. The summed E-state index contributed by atoms with van der Waals surface area (Å²) in [5, 5.41) is 2.97. The van der Waals surface area contributed by atoms with E-state index in [4.69, 9.17) is 0 Å². The number of carbonyl (C=O) groups is 2. The number of nitrogens with zero attached hydrogens (tertiary/aromatic N) is 1. The third kappa shape index (κ3) is 3.71. The van der Waals surface area contributed by atoms with Crippen LogP contribution in [0, 0.1) is 6.92 Å². The van der Waals surface area contributed by atoms with Crippen molar-refractivity contribution in [2.45, 2.75) is 25.8 Å². The summed E-state index contributed by atoms with van der Waals surface area (Å²) >= 11 is 1.43. The van der Waals surface area contributed by atoms with Gasteiger partial charge in [-0.05, 0) is 49.1 Å². The molecule has 4 nitrogen and oxygen atoms in total. The number of hydrogen-bond acceptors (Lipinski definition) is 3.